The van der Waals surface area contributed by atoms with Crippen molar-refractivity contribution < 1.29 is 22.8 Å². The number of aliphatic hydroxyl groups is 2. The summed E-state index contributed by atoms with van der Waals surface area (Å²) in [6, 6.07) is 0. The molecule has 7 heteroatoms. The fourth-order valence-electron chi connectivity index (χ4n) is 0.992. The molecule has 0 aromatic rings. The molecule has 6 nitrogen and oxygen atoms in total. The molecular weight excluding hydrogens is 234 g/mol. The first-order valence-corrected chi connectivity index (χ1v) is 7.09. The van der Waals surface area contributed by atoms with Gasteiger partial charge in [-0.05, 0) is 13.0 Å². The zero-order valence-corrected chi connectivity index (χ0v) is 10.5. The molecule has 0 rings (SSSR count). The van der Waals surface area contributed by atoms with Gasteiger partial charge in [0.05, 0.1) is 19.0 Å². The van der Waals surface area contributed by atoms with Crippen LogP contribution in [0.2, 0.25) is 0 Å². The second-order valence-corrected chi connectivity index (χ2v) is 5.32. The van der Waals surface area contributed by atoms with Gasteiger partial charge in [0, 0.05) is 6.54 Å². The van der Waals surface area contributed by atoms with Crippen LogP contribution in [-0.2, 0) is 14.3 Å². The van der Waals surface area contributed by atoms with Gasteiger partial charge in [-0.3, -0.25) is 4.18 Å². The minimum Gasteiger partial charge on any atom is -0.389 e. The van der Waals surface area contributed by atoms with Crippen LogP contribution in [0.25, 0.3) is 0 Å². The van der Waals surface area contributed by atoms with Crippen LogP contribution < -0.4 is 5.32 Å². The highest BCUT2D eigenvalue weighted by Gasteiger charge is 2.18. The van der Waals surface area contributed by atoms with Crippen LogP contribution in [0.1, 0.15) is 19.8 Å². The third-order valence-corrected chi connectivity index (χ3v) is 2.52. The first-order valence-electron chi connectivity index (χ1n) is 5.28. The average molecular weight is 255 g/mol. The maximum Gasteiger partial charge on any atom is 0.264 e. The molecule has 0 bridgehead atoms. The Bertz CT molecular complexity index is 267. The summed E-state index contributed by atoms with van der Waals surface area (Å²) in [5.41, 5.74) is 0. The number of hydrogen-bond acceptors (Lipinski definition) is 6. The molecule has 0 saturated carbocycles. The molecule has 0 saturated heterocycles. The quantitative estimate of drug-likeness (QED) is 0.364. The van der Waals surface area contributed by atoms with Gasteiger partial charge in [-0.2, -0.15) is 8.42 Å². The van der Waals surface area contributed by atoms with Gasteiger partial charge in [-0.25, -0.2) is 0 Å². The molecule has 0 aliphatic heterocycles. The first kappa shape index (κ1) is 15.8. The maximum atomic E-state index is 10.6. The molecular formula is C9H21NO5S. The Kier molecular flexibility index (Phi) is 7.86. The van der Waals surface area contributed by atoms with Gasteiger partial charge in [-0.1, -0.05) is 13.3 Å². The van der Waals surface area contributed by atoms with Crippen LogP contribution >= 0.6 is 0 Å². The van der Waals surface area contributed by atoms with Crippen molar-refractivity contribution in [3.8, 4) is 0 Å². The summed E-state index contributed by atoms with van der Waals surface area (Å²) < 4.78 is 25.6. The Labute approximate surface area is 96.7 Å². The number of rotatable bonds is 9. The third-order valence-electron chi connectivity index (χ3n) is 1.96. The fourth-order valence-corrected chi connectivity index (χ4v) is 1.38. The second kappa shape index (κ2) is 7.97. The summed E-state index contributed by atoms with van der Waals surface area (Å²) in [4.78, 5) is 0. The minimum absolute atomic E-state index is 0.217. The maximum absolute atomic E-state index is 10.6. The lowest BCUT2D eigenvalue weighted by Crippen LogP contribution is -2.39. The largest absolute Gasteiger partial charge is 0.389 e. The predicted octanol–water partition coefficient (Wildman–Crippen LogP) is -0.926. The van der Waals surface area contributed by atoms with Crippen LogP contribution in [0.4, 0.5) is 0 Å². The van der Waals surface area contributed by atoms with Crippen LogP contribution in [0.3, 0.4) is 0 Å². The van der Waals surface area contributed by atoms with E-state index in [0.717, 1.165) is 25.6 Å². The van der Waals surface area contributed by atoms with E-state index in [9.17, 15) is 18.6 Å². The van der Waals surface area contributed by atoms with Gasteiger partial charge >= 0.3 is 0 Å². The molecule has 0 aliphatic carbocycles. The fraction of sp³-hybridized carbons (Fsp3) is 1.00. The van der Waals surface area contributed by atoms with E-state index < -0.39 is 28.9 Å². The second-order valence-electron chi connectivity index (χ2n) is 3.68. The predicted molar refractivity (Wildman–Crippen MR) is 60.6 cm³/mol. The van der Waals surface area contributed by atoms with Crippen molar-refractivity contribution in [1.82, 2.24) is 5.32 Å². The summed E-state index contributed by atoms with van der Waals surface area (Å²) >= 11 is 0. The van der Waals surface area contributed by atoms with E-state index in [4.69, 9.17) is 0 Å². The standard InChI is InChI=1S/C9H21NO5S/c1-3-4-5-10-6-8(11)9(12)7-15-16(2,13)14/h8-12H,3-7H2,1-2H3/t8-,9-/m1/s1. The summed E-state index contributed by atoms with van der Waals surface area (Å²) in [7, 11) is -3.57. The van der Waals surface area contributed by atoms with E-state index in [1.807, 2.05) is 6.92 Å². The number of nitrogens with one attached hydrogen (secondary N) is 1. The highest BCUT2D eigenvalue weighted by atomic mass is 32.2. The van der Waals surface area contributed by atoms with Gasteiger partial charge < -0.3 is 15.5 Å². The lowest BCUT2D eigenvalue weighted by atomic mass is 10.2. The van der Waals surface area contributed by atoms with E-state index in [1.165, 1.54) is 0 Å². The van der Waals surface area contributed by atoms with Crippen LogP contribution in [0, 0.1) is 0 Å². The molecule has 0 aromatic heterocycles. The van der Waals surface area contributed by atoms with Crippen molar-refractivity contribution in [2.24, 2.45) is 0 Å². The van der Waals surface area contributed by atoms with Gasteiger partial charge in [-0.15, -0.1) is 0 Å². The molecule has 0 heterocycles. The molecule has 0 spiro atoms. The van der Waals surface area contributed by atoms with E-state index in [0.29, 0.717) is 0 Å². The Morgan fingerprint density at radius 2 is 1.94 bits per heavy atom. The summed E-state index contributed by atoms with van der Waals surface area (Å²) in [5.74, 6) is 0. The van der Waals surface area contributed by atoms with Crippen LogP contribution in [0.5, 0.6) is 0 Å². The molecule has 0 amide bonds. The highest BCUT2D eigenvalue weighted by molar-refractivity contribution is 7.85. The molecule has 0 aromatic carbocycles. The normalized spacial score (nSPS) is 16.0. The first-order chi connectivity index (χ1) is 7.37. The topological polar surface area (TPSA) is 95.9 Å². The summed E-state index contributed by atoms with van der Waals surface area (Å²) in [5, 5.41) is 21.7. The van der Waals surface area contributed by atoms with Crippen molar-refractivity contribution in [2.75, 3.05) is 26.0 Å². The zero-order chi connectivity index (χ0) is 12.6. The van der Waals surface area contributed by atoms with Gasteiger partial charge in [0.1, 0.15) is 6.10 Å². The average Bonchev–Trinajstić information content (AvgIpc) is 2.19. The van der Waals surface area contributed by atoms with Crippen molar-refractivity contribution in [1.29, 1.82) is 0 Å². The van der Waals surface area contributed by atoms with Crippen molar-refractivity contribution >= 4 is 10.1 Å². The van der Waals surface area contributed by atoms with E-state index in [1.54, 1.807) is 0 Å². The monoisotopic (exact) mass is 255 g/mol. The van der Waals surface area contributed by atoms with E-state index >= 15 is 0 Å². The van der Waals surface area contributed by atoms with E-state index in [2.05, 4.69) is 9.50 Å². The van der Waals surface area contributed by atoms with Crippen molar-refractivity contribution in [2.45, 2.75) is 32.0 Å². The molecule has 0 unspecified atom stereocenters. The molecule has 0 fully saturated rings. The zero-order valence-electron chi connectivity index (χ0n) is 9.72. The van der Waals surface area contributed by atoms with Gasteiger partial charge in [0.2, 0.25) is 0 Å². The SMILES string of the molecule is CCCCNC[C@@H](O)[C@H](O)COS(C)(=O)=O. The Balaban J connectivity index is 3.69. The lowest BCUT2D eigenvalue weighted by molar-refractivity contribution is -0.00506. The minimum atomic E-state index is -3.57. The smallest absolute Gasteiger partial charge is 0.264 e. The van der Waals surface area contributed by atoms with Crippen molar-refractivity contribution in [3.63, 3.8) is 0 Å². The highest BCUT2D eigenvalue weighted by Crippen LogP contribution is 1.97. The molecule has 16 heavy (non-hydrogen) atoms. The van der Waals surface area contributed by atoms with Gasteiger partial charge in [0.15, 0.2) is 0 Å². The lowest BCUT2D eigenvalue weighted by Gasteiger charge is -2.17. The van der Waals surface area contributed by atoms with Gasteiger partial charge in [0.25, 0.3) is 10.1 Å². The number of hydrogen-bond donors (Lipinski definition) is 3. The van der Waals surface area contributed by atoms with Crippen LogP contribution in [0.15, 0.2) is 0 Å². The third kappa shape index (κ3) is 9.05. The number of aliphatic hydroxyl groups excluding tert-OH is 2. The summed E-state index contributed by atoms with van der Waals surface area (Å²) in [6.45, 7) is 2.60. The summed E-state index contributed by atoms with van der Waals surface area (Å²) in [6.07, 6.45) is 0.694. The Hall–Kier alpha value is -0.210. The Morgan fingerprint density at radius 3 is 2.44 bits per heavy atom. The van der Waals surface area contributed by atoms with Crippen LogP contribution in [-0.4, -0.2) is 56.8 Å². The molecule has 2 atom stereocenters. The molecule has 3 N–H and O–H groups in total. The Morgan fingerprint density at radius 1 is 1.31 bits per heavy atom. The van der Waals surface area contributed by atoms with E-state index in [-0.39, 0.29) is 6.54 Å². The van der Waals surface area contributed by atoms with Crippen molar-refractivity contribution in [3.05, 3.63) is 0 Å². The molecule has 98 valence electrons. The number of unbranched alkanes of at least 4 members (excludes halogenated alkanes) is 1. The molecule has 0 radical (unpaired) electrons. The molecule has 0 aliphatic rings.